The Labute approximate surface area is 167 Å². The van der Waals surface area contributed by atoms with Crippen molar-refractivity contribution < 1.29 is 19.1 Å². The van der Waals surface area contributed by atoms with Crippen molar-refractivity contribution in [2.24, 2.45) is 5.10 Å². The van der Waals surface area contributed by atoms with Crippen molar-refractivity contribution in [1.29, 1.82) is 0 Å². The van der Waals surface area contributed by atoms with Gasteiger partial charge in [-0.2, -0.15) is 5.10 Å². The molecule has 2 aromatic carbocycles. The number of nitrogens with two attached hydrogens (primary N) is 1. The zero-order chi connectivity index (χ0) is 20.6. The number of nitrogen functional groups attached to an aromatic ring is 1. The highest BCUT2D eigenvalue weighted by molar-refractivity contribution is 5.95. The zero-order valence-electron chi connectivity index (χ0n) is 15.5. The molecule has 3 aromatic rings. The molecule has 0 spiro atoms. The Morgan fingerprint density at radius 1 is 1.07 bits per heavy atom. The Balaban J connectivity index is 1.66. The van der Waals surface area contributed by atoms with Crippen LogP contribution in [0.15, 0.2) is 72.1 Å². The minimum atomic E-state index is -0.548. The molecule has 0 aliphatic rings. The number of hydrogen-bond donors (Lipinski definition) is 2. The maximum Gasteiger partial charge on any atom is 0.345 e. The van der Waals surface area contributed by atoms with E-state index >= 15 is 0 Å². The largest absolute Gasteiger partial charge is 0.493 e. The summed E-state index contributed by atoms with van der Waals surface area (Å²) in [4.78, 5) is 28.1. The molecular formula is C21H18N4O4. The average Bonchev–Trinajstić information content (AvgIpc) is 2.75. The van der Waals surface area contributed by atoms with Crippen molar-refractivity contribution in [2.75, 3.05) is 12.8 Å². The predicted octanol–water partition coefficient (Wildman–Crippen LogP) is 2.66. The lowest BCUT2D eigenvalue weighted by atomic mass is 10.2. The van der Waals surface area contributed by atoms with Crippen LogP contribution in [0.2, 0.25) is 0 Å². The van der Waals surface area contributed by atoms with Crippen molar-refractivity contribution in [2.45, 2.75) is 0 Å². The van der Waals surface area contributed by atoms with Gasteiger partial charge in [0, 0.05) is 23.6 Å². The smallest absolute Gasteiger partial charge is 0.345 e. The van der Waals surface area contributed by atoms with Gasteiger partial charge in [-0.05, 0) is 60.2 Å². The molecule has 3 N–H and O–H groups in total. The highest BCUT2D eigenvalue weighted by atomic mass is 16.6. The summed E-state index contributed by atoms with van der Waals surface area (Å²) in [5.74, 6) is -0.315. The summed E-state index contributed by atoms with van der Waals surface area (Å²) < 4.78 is 10.6. The quantitative estimate of drug-likeness (QED) is 0.220. The minimum Gasteiger partial charge on any atom is -0.493 e. The van der Waals surface area contributed by atoms with Gasteiger partial charge >= 0.3 is 5.97 Å². The van der Waals surface area contributed by atoms with Crippen LogP contribution in [0.1, 0.15) is 26.3 Å². The van der Waals surface area contributed by atoms with E-state index in [1.54, 1.807) is 60.8 Å². The van der Waals surface area contributed by atoms with Crippen molar-refractivity contribution in [3.05, 3.63) is 83.7 Å². The van der Waals surface area contributed by atoms with Gasteiger partial charge < -0.3 is 15.2 Å². The van der Waals surface area contributed by atoms with E-state index in [0.717, 1.165) is 0 Å². The van der Waals surface area contributed by atoms with Crippen molar-refractivity contribution >= 4 is 23.8 Å². The number of nitrogens with zero attached hydrogens (tertiary/aromatic N) is 2. The number of amides is 1. The fourth-order valence-corrected chi connectivity index (χ4v) is 2.36. The van der Waals surface area contributed by atoms with E-state index in [0.29, 0.717) is 28.1 Å². The molecule has 0 saturated heterocycles. The number of carbonyl (C=O) groups excluding carboxylic acids is 2. The molecule has 8 nitrogen and oxygen atoms in total. The van der Waals surface area contributed by atoms with Crippen molar-refractivity contribution in [1.82, 2.24) is 10.4 Å². The Bertz CT molecular complexity index is 1030. The van der Waals surface area contributed by atoms with E-state index in [1.165, 1.54) is 19.5 Å². The van der Waals surface area contributed by atoms with Crippen LogP contribution >= 0.6 is 0 Å². The molecule has 0 bridgehead atoms. The summed E-state index contributed by atoms with van der Waals surface area (Å²) in [5.41, 5.74) is 10.00. The molecule has 0 saturated carbocycles. The minimum absolute atomic E-state index is 0.254. The third kappa shape index (κ3) is 5.16. The van der Waals surface area contributed by atoms with E-state index < -0.39 is 5.97 Å². The zero-order valence-corrected chi connectivity index (χ0v) is 15.5. The fraction of sp³-hybridized carbons (Fsp3) is 0.0476. The summed E-state index contributed by atoms with van der Waals surface area (Å²) >= 11 is 0. The standard InChI is InChI=1S/C21H18N4O4/c1-28-19-11-14(12-24-25-20(26)15-5-7-17(22)8-6-15)4-9-18(19)29-21(27)16-3-2-10-23-13-16/h2-13H,22H2,1H3,(H,25,26)/b24-12-. The molecule has 0 radical (unpaired) electrons. The molecule has 1 heterocycles. The van der Waals surface area contributed by atoms with Gasteiger partial charge in [0.05, 0.1) is 18.9 Å². The maximum atomic E-state index is 12.2. The second kappa shape index (κ2) is 9.14. The number of hydrogen-bond acceptors (Lipinski definition) is 7. The first kappa shape index (κ1) is 19.6. The number of ether oxygens (including phenoxy) is 2. The summed E-state index contributed by atoms with van der Waals surface area (Å²) in [6.45, 7) is 0. The predicted molar refractivity (Wildman–Crippen MR) is 108 cm³/mol. The maximum absolute atomic E-state index is 12.2. The van der Waals surface area contributed by atoms with Crippen LogP contribution in [-0.2, 0) is 0 Å². The lowest BCUT2D eigenvalue weighted by molar-refractivity contribution is 0.0729. The van der Waals surface area contributed by atoms with E-state index in [1.807, 2.05) is 0 Å². The topological polar surface area (TPSA) is 116 Å². The first-order valence-corrected chi connectivity index (χ1v) is 8.56. The molecule has 146 valence electrons. The number of pyridine rings is 1. The highest BCUT2D eigenvalue weighted by Crippen LogP contribution is 2.28. The molecular weight excluding hydrogens is 372 g/mol. The number of aromatic nitrogens is 1. The van der Waals surface area contributed by atoms with E-state index in [9.17, 15) is 9.59 Å². The van der Waals surface area contributed by atoms with Gasteiger partial charge in [0.2, 0.25) is 0 Å². The summed E-state index contributed by atoms with van der Waals surface area (Å²) in [5, 5.41) is 3.93. The summed E-state index contributed by atoms with van der Waals surface area (Å²) in [6, 6.07) is 14.6. The number of hydrazone groups is 1. The van der Waals surface area contributed by atoms with Crippen molar-refractivity contribution in [3.63, 3.8) is 0 Å². The summed E-state index contributed by atoms with van der Waals surface area (Å²) in [7, 11) is 1.46. The number of carbonyl (C=O) groups is 2. The molecule has 0 atom stereocenters. The van der Waals surface area contributed by atoms with Crippen LogP contribution in [-0.4, -0.2) is 30.2 Å². The van der Waals surface area contributed by atoms with E-state index in [2.05, 4.69) is 15.5 Å². The molecule has 29 heavy (non-hydrogen) atoms. The third-order valence-electron chi connectivity index (χ3n) is 3.84. The number of esters is 1. The summed E-state index contributed by atoms with van der Waals surface area (Å²) in [6.07, 6.45) is 4.43. The van der Waals surface area contributed by atoms with Gasteiger partial charge in [-0.15, -0.1) is 0 Å². The van der Waals surface area contributed by atoms with Gasteiger partial charge in [0.1, 0.15) is 0 Å². The van der Waals surface area contributed by atoms with Gasteiger partial charge in [-0.25, -0.2) is 10.2 Å². The van der Waals surface area contributed by atoms with Gasteiger partial charge in [-0.1, -0.05) is 0 Å². The highest BCUT2D eigenvalue weighted by Gasteiger charge is 2.13. The Morgan fingerprint density at radius 2 is 1.86 bits per heavy atom. The SMILES string of the molecule is COc1cc(/C=N\NC(=O)c2ccc(N)cc2)ccc1OC(=O)c1cccnc1. The average molecular weight is 390 g/mol. The van der Waals surface area contributed by atoms with Crippen LogP contribution in [0.5, 0.6) is 11.5 Å². The van der Waals surface area contributed by atoms with Crippen LogP contribution in [0, 0.1) is 0 Å². The van der Waals surface area contributed by atoms with Gasteiger partial charge in [0.15, 0.2) is 11.5 Å². The third-order valence-corrected chi connectivity index (χ3v) is 3.84. The van der Waals surface area contributed by atoms with Crippen LogP contribution < -0.4 is 20.6 Å². The fourth-order valence-electron chi connectivity index (χ4n) is 2.36. The molecule has 0 aliphatic carbocycles. The first-order chi connectivity index (χ1) is 14.1. The number of methoxy groups -OCH3 is 1. The normalized spacial score (nSPS) is 10.5. The molecule has 1 amide bonds. The molecule has 0 fully saturated rings. The number of nitrogens with one attached hydrogen (secondary N) is 1. The monoisotopic (exact) mass is 390 g/mol. The number of rotatable bonds is 6. The Hall–Kier alpha value is -4.20. The van der Waals surface area contributed by atoms with Crippen molar-refractivity contribution in [3.8, 4) is 11.5 Å². The molecule has 3 rings (SSSR count). The number of benzene rings is 2. The second-order valence-corrected chi connectivity index (χ2v) is 5.86. The second-order valence-electron chi connectivity index (χ2n) is 5.86. The van der Waals surface area contributed by atoms with Crippen LogP contribution in [0.25, 0.3) is 0 Å². The van der Waals surface area contributed by atoms with Crippen LogP contribution in [0.3, 0.4) is 0 Å². The number of anilines is 1. The Morgan fingerprint density at radius 3 is 2.55 bits per heavy atom. The lowest BCUT2D eigenvalue weighted by Gasteiger charge is -2.09. The molecule has 0 aliphatic heterocycles. The van der Waals surface area contributed by atoms with Crippen LogP contribution in [0.4, 0.5) is 5.69 Å². The lowest BCUT2D eigenvalue weighted by Crippen LogP contribution is -2.17. The van der Waals surface area contributed by atoms with E-state index in [-0.39, 0.29) is 11.7 Å². The van der Waals surface area contributed by atoms with Gasteiger partial charge in [0.25, 0.3) is 5.91 Å². The van der Waals surface area contributed by atoms with Gasteiger partial charge in [-0.3, -0.25) is 9.78 Å². The Kier molecular flexibility index (Phi) is 6.16. The molecule has 8 heteroatoms. The molecule has 1 aromatic heterocycles. The van der Waals surface area contributed by atoms with E-state index in [4.69, 9.17) is 15.2 Å². The first-order valence-electron chi connectivity index (χ1n) is 8.56. The molecule has 0 unspecified atom stereocenters.